The van der Waals surface area contributed by atoms with Crippen molar-refractivity contribution in [1.82, 2.24) is 15.5 Å². The van der Waals surface area contributed by atoms with E-state index in [2.05, 4.69) is 10.6 Å². The Hall–Kier alpha value is -2.77. The maximum Gasteiger partial charge on any atom is 0.408 e. The van der Waals surface area contributed by atoms with Crippen LogP contribution in [0.2, 0.25) is 0 Å². The topological polar surface area (TPSA) is 108 Å². The van der Waals surface area contributed by atoms with E-state index in [1.165, 1.54) is 17.0 Å². The van der Waals surface area contributed by atoms with Gasteiger partial charge in [0.2, 0.25) is 11.8 Å². The molecular weight excluding hydrogens is 434 g/mol. The lowest BCUT2D eigenvalue weighted by Gasteiger charge is -2.43. The Labute approximate surface area is 204 Å². The summed E-state index contributed by atoms with van der Waals surface area (Å²) in [7, 11) is 0. The van der Waals surface area contributed by atoms with Gasteiger partial charge in [0.15, 0.2) is 0 Å². The number of phenolic OH excluding ortho intramolecular Hbond substituents is 1. The summed E-state index contributed by atoms with van der Waals surface area (Å²) in [5.74, 6) is -0.569. The quantitative estimate of drug-likeness (QED) is 0.510. The van der Waals surface area contributed by atoms with Crippen molar-refractivity contribution in [2.45, 2.75) is 105 Å². The minimum Gasteiger partial charge on any atom is -0.508 e. The van der Waals surface area contributed by atoms with Crippen molar-refractivity contribution in [3.05, 3.63) is 29.8 Å². The molecule has 1 aromatic carbocycles. The van der Waals surface area contributed by atoms with Gasteiger partial charge in [-0.3, -0.25) is 9.59 Å². The van der Waals surface area contributed by atoms with Crippen molar-refractivity contribution in [2.75, 3.05) is 0 Å². The number of alkyl carbamates (subject to hydrolysis) is 1. The van der Waals surface area contributed by atoms with E-state index in [1.807, 2.05) is 48.5 Å². The van der Waals surface area contributed by atoms with E-state index in [9.17, 15) is 19.5 Å². The first-order valence-electron chi connectivity index (χ1n) is 11.8. The van der Waals surface area contributed by atoms with Gasteiger partial charge in [-0.1, -0.05) is 26.0 Å². The molecule has 1 rings (SSSR count). The molecule has 2 unspecified atom stereocenters. The first-order valence-corrected chi connectivity index (χ1v) is 11.8. The van der Waals surface area contributed by atoms with Crippen LogP contribution in [0.1, 0.15) is 87.3 Å². The van der Waals surface area contributed by atoms with Crippen molar-refractivity contribution in [1.29, 1.82) is 0 Å². The molecule has 0 heterocycles. The molecule has 0 spiro atoms. The molecule has 0 aliphatic carbocycles. The summed E-state index contributed by atoms with van der Waals surface area (Å²) in [6, 6.07) is 4.23. The lowest BCUT2D eigenvalue weighted by Crippen LogP contribution is -2.59. The van der Waals surface area contributed by atoms with E-state index >= 15 is 0 Å². The molecule has 1 aromatic rings. The van der Waals surface area contributed by atoms with E-state index < -0.39 is 29.3 Å². The van der Waals surface area contributed by atoms with Crippen molar-refractivity contribution in [3.8, 4) is 5.75 Å². The van der Waals surface area contributed by atoms with Crippen LogP contribution in [0.4, 0.5) is 4.79 Å². The van der Waals surface area contributed by atoms with E-state index in [-0.39, 0.29) is 29.5 Å². The Bertz CT molecular complexity index is 835. The van der Waals surface area contributed by atoms with Crippen LogP contribution in [0.15, 0.2) is 24.3 Å². The number of carbonyl (C=O) groups is 3. The number of benzene rings is 1. The van der Waals surface area contributed by atoms with Crippen molar-refractivity contribution in [3.63, 3.8) is 0 Å². The Morgan fingerprint density at radius 3 is 1.88 bits per heavy atom. The molecule has 0 fully saturated rings. The second-order valence-electron chi connectivity index (χ2n) is 11.4. The SMILES string of the molecule is CC(C)CC(NC(=O)OC(C)(C)C)C(=O)N(C(C(=O)NC(C)C)c1ccc(O)cc1)C(C)(C)C. The van der Waals surface area contributed by atoms with Crippen LogP contribution in [0.5, 0.6) is 5.75 Å². The average molecular weight is 478 g/mol. The Balaban J connectivity index is 3.53. The molecular formula is C26H43N3O5. The maximum atomic E-state index is 14.0. The second-order valence-corrected chi connectivity index (χ2v) is 11.4. The van der Waals surface area contributed by atoms with Crippen LogP contribution in [-0.2, 0) is 14.3 Å². The number of rotatable bonds is 8. The van der Waals surface area contributed by atoms with E-state index in [1.54, 1.807) is 32.9 Å². The largest absolute Gasteiger partial charge is 0.508 e. The highest BCUT2D eigenvalue weighted by molar-refractivity contribution is 5.92. The number of nitrogens with one attached hydrogen (secondary N) is 2. The molecule has 192 valence electrons. The highest BCUT2D eigenvalue weighted by atomic mass is 16.6. The number of nitrogens with zero attached hydrogens (tertiary/aromatic N) is 1. The Morgan fingerprint density at radius 2 is 1.47 bits per heavy atom. The Kier molecular flexibility index (Phi) is 9.97. The fraction of sp³-hybridized carbons (Fsp3) is 0.654. The third-order valence-electron chi connectivity index (χ3n) is 4.80. The third kappa shape index (κ3) is 9.23. The Morgan fingerprint density at radius 1 is 0.941 bits per heavy atom. The number of hydrogen-bond donors (Lipinski definition) is 3. The molecule has 0 aliphatic heterocycles. The molecule has 0 aromatic heterocycles. The van der Waals surface area contributed by atoms with Crippen LogP contribution < -0.4 is 10.6 Å². The summed E-state index contributed by atoms with van der Waals surface area (Å²) in [5, 5.41) is 15.4. The smallest absolute Gasteiger partial charge is 0.408 e. The molecule has 8 nitrogen and oxygen atoms in total. The number of hydrogen-bond acceptors (Lipinski definition) is 5. The van der Waals surface area contributed by atoms with Gasteiger partial charge in [-0.2, -0.15) is 0 Å². The van der Waals surface area contributed by atoms with Gasteiger partial charge >= 0.3 is 6.09 Å². The van der Waals surface area contributed by atoms with E-state index in [0.717, 1.165) is 0 Å². The van der Waals surface area contributed by atoms with Crippen molar-refractivity contribution < 1.29 is 24.2 Å². The molecule has 3 N–H and O–H groups in total. The lowest BCUT2D eigenvalue weighted by atomic mass is 9.93. The molecule has 0 saturated heterocycles. The normalized spacial score (nSPS) is 13.9. The summed E-state index contributed by atoms with van der Waals surface area (Å²) in [5.41, 5.74) is -0.927. The third-order valence-corrected chi connectivity index (χ3v) is 4.80. The fourth-order valence-corrected chi connectivity index (χ4v) is 3.59. The number of carbonyl (C=O) groups excluding carboxylic acids is 3. The van der Waals surface area contributed by atoms with Crippen LogP contribution in [0, 0.1) is 5.92 Å². The minimum atomic E-state index is -0.967. The monoisotopic (exact) mass is 477 g/mol. The molecule has 0 aliphatic rings. The molecule has 3 amide bonds. The van der Waals surface area contributed by atoms with E-state index in [4.69, 9.17) is 4.74 Å². The lowest BCUT2D eigenvalue weighted by molar-refractivity contribution is -0.149. The second kappa shape index (κ2) is 11.6. The summed E-state index contributed by atoms with van der Waals surface area (Å²) < 4.78 is 5.40. The average Bonchev–Trinajstić information content (AvgIpc) is 2.62. The number of amides is 3. The summed E-state index contributed by atoms with van der Waals surface area (Å²) in [4.78, 5) is 41.5. The summed E-state index contributed by atoms with van der Waals surface area (Å²) in [6.45, 7) is 18.4. The minimum absolute atomic E-state index is 0.0599. The zero-order valence-electron chi connectivity index (χ0n) is 22.4. The van der Waals surface area contributed by atoms with Crippen molar-refractivity contribution in [2.24, 2.45) is 5.92 Å². The van der Waals surface area contributed by atoms with Crippen LogP contribution >= 0.6 is 0 Å². The number of phenols is 1. The zero-order chi connectivity index (χ0) is 26.4. The number of ether oxygens (including phenoxy) is 1. The standard InChI is InChI=1S/C26H43N3O5/c1-16(2)15-20(28-24(33)34-26(8,9)10)23(32)29(25(5,6)7)21(22(31)27-17(3)4)18-11-13-19(30)14-12-18/h11-14,16-17,20-21,30H,15H2,1-10H3,(H,27,31)(H,28,33). The molecule has 2 atom stereocenters. The highest BCUT2D eigenvalue weighted by Gasteiger charge is 2.42. The van der Waals surface area contributed by atoms with Gasteiger partial charge in [-0.05, 0) is 85.4 Å². The zero-order valence-corrected chi connectivity index (χ0v) is 22.4. The molecule has 0 bridgehead atoms. The van der Waals surface area contributed by atoms with Gasteiger partial charge in [0.25, 0.3) is 0 Å². The van der Waals surface area contributed by atoms with Crippen LogP contribution in [0.25, 0.3) is 0 Å². The predicted molar refractivity (Wildman–Crippen MR) is 133 cm³/mol. The van der Waals surface area contributed by atoms with Gasteiger partial charge in [-0.25, -0.2) is 4.79 Å². The van der Waals surface area contributed by atoms with Gasteiger partial charge in [0, 0.05) is 11.6 Å². The number of aromatic hydroxyl groups is 1. The van der Waals surface area contributed by atoms with Crippen LogP contribution in [-0.4, -0.2) is 51.1 Å². The molecule has 8 heteroatoms. The van der Waals surface area contributed by atoms with Crippen molar-refractivity contribution >= 4 is 17.9 Å². The summed E-state index contributed by atoms with van der Waals surface area (Å²) >= 11 is 0. The highest BCUT2D eigenvalue weighted by Crippen LogP contribution is 2.31. The predicted octanol–water partition coefficient (Wildman–Crippen LogP) is 4.52. The van der Waals surface area contributed by atoms with Crippen LogP contribution in [0.3, 0.4) is 0 Å². The first-order chi connectivity index (χ1) is 15.4. The summed E-state index contributed by atoms with van der Waals surface area (Å²) in [6.07, 6.45) is -0.313. The molecule has 0 radical (unpaired) electrons. The van der Waals surface area contributed by atoms with Gasteiger partial charge in [0.05, 0.1) is 0 Å². The first kappa shape index (κ1) is 29.3. The van der Waals surface area contributed by atoms with Gasteiger partial charge in [0.1, 0.15) is 23.4 Å². The molecule has 0 saturated carbocycles. The van der Waals surface area contributed by atoms with E-state index in [0.29, 0.717) is 12.0 Å². The molecule has 34 heavy (non-hydrogen) atoms. The maximum absolute atomic E-state index is 14.0. The van der Waals surface area contributed by atoms with Gasteiger partial charge in [-0.15, -0.1) is 0 Å². The fourth-order valence-electron chi connectivity index (χ4n) is 3.59. The van der Waals surface area contributed by atoms with Gasteiger partial charge < -0.3 is 25.4 Å².